The molecule has 0 aliphatic carbocycles. The van der Waals surface area contributed by atoms with Crippen molar-refractivity contribution in [3.05, 3.63) is 29.0 Å². The van der Waals surface area contributed by atoms with Gasteiger partial charge in [0.2, 0.25) is 0 Å². The standard InChI is InChI=1S/C14H16N2O3S/c1-8-5-10(17)6-16(8)14(18)11-7-20-13(15-11)12-4-3-9(2)19-12/h3-4,7-8,10,17H,5-6H2,1-2H3/t8-,10-/m1/s1. The highest BCUT2D eigenvalue weighted by atomic mass is 32.1. The second-order valence-corrected chi connectivity index (χ2v) is 6.00. The molecular formula is C14H16N2O3S. The summed E-state index contributed by atoms with van der Waals surface area (Å²) in [6, 6.07) is 3.77. The summed E-state index contributed by atoms with van der Waals surface area (Å²) >= 11 is 1.39. The lowest BCUT2D eigenvalue weighted by molar-refractivity contribution is 0.0721. The van der Waals surface area contributed by atoms with Crippen LogP contribution < -0.4 is 0 Å². The average Bonchev–Trinajstić information content (AvgIpc) is 3.08. The molecule has 0 aromatic carbocycles. The van der Waals surface area contributed by atoms with E-state index in [1.807, 2.05) is 26.0 Å². The fourth-order valence-corrected chi connectivity index (χ4v) is 3.22. The van der Waals surface area contributed by atoms with Crippen molar-refractivity contribution in [1.29, 1.82) is 0 Å². The number of carbonyl (C=O) groups excluding carboxylic acids is 1. The predicted octanol–water partition coefficient (Wildman–Crippen LogP) is 2.31. The summed E-state index contributed by atoms with van der Waals surface area (Å²) in [5.41, 5.74) is 0.417. The van der Waals surface area contributed by atoms with Gasteiger partial charge in [-0.1, -0.05) is 0 Å². The molecule has 1 fully saturated rings. The van der Waals surface area contributed by atoms with Crippen molar-refractivity contribution in [2.24, 2.45) is 0 Å². The quantitative estimate of drug-likeness (QED) is 0.922. The molecule has 1 aliphatic rings. The van der Waals surface area contributed by atoms with Crippen LogP contribution in [0.2, 0.25) is 0 Å². The van der Waals surface area contributed by atoms with Crippen LogP contribution in [-0.2, 0) is 0 Å². The molecule has 0 bridgehead atoms. The molecule has 1 aliphatic heterocycles. The lowest BCUT2D eigenvalue weighted by Crippen LogP contribution is -2.34. The summed E-state index contributed by atoms with van der Waals surface area (Å²) in [6.07, 6.45) is 0.194. The molecule has 0 unspecified atom stereocenters. The number of nitrogens with zero attached hydrogens (tertiary/aromatic N) is 2. The van der Waals surface area contributed by atoms with Gasteiger partial charge in [-0.15, -0.1) is 11.3 Å². The molecule has 2 aromatic rings. The lowest BCUT2D eigenvalue weighted by Gasteiger charge is -2.19. The van der Waals surface area contributed by atoms with Gasteiger partial charge in [0.05, 0.1) is 6.10 Å². The molecule has 1 amide bonds. The van der Waals surface area contributed by atoms with E-state index in [1.54, 1.807) is 10.3 Å². The Balaban J connectivity index is 1.81. The number of furan rings is 1. The highest BCUT2D eigenvalue weighted by Crippen LogP contribution is 2.27. The van der Waals surface area contributed by atoms with Crippen LogP contribution >= 0.6 is 11.3 Å². The molecule has 3 heterocycles. The third-order valence-electron chi connectivity index (χ3n) is 3.49. The van der Waals surface area contributed by atoms with E-state index in [-0.39, 0.29) is 11.9 Å². The third kappa shape index (κ3) is 2.36. The third-order valence-corrected chi connectivity index (χ3v) is 4.34. The first kappa shape index (κ1) is 13.3. The number of carbonyl (C=O) groups is 1. The second kappa shape index (κ2) is 5.03. The highest BCUT2D eigenvalue weighted by Gasteiger charge is 2.32. The molecule has 0 spiro atoms. The number of aliphatic hydroxyl groups is 1. The van der Waals surface area contributed by atoms with Gasteiger partial charge in [-0.25, -0.2) is 4.98 Å². The van der Waals surface area contributed by atoms with E-state index in [1.165, 1.54) is 11.3 Å². The fourth-order valence-electron chi connectivity index (χ4n) is 2.47. The Morgan fingerprint density at radius 3 is 2.95 bits per heavy atom. The Bertz CT molecular complexity index is 634. The maximum Gasteiger partial charge on any atom is 0.273 e. The zero-order chi connectivity index (χ0) is 14.3. The summed E-state index contributed by atoms with van der Waals surface area (Å²) in [5.74, 6) is 1.38. The predicted molar refractivity (Wildman–Crippen MR) is 75.7 cm³/mol. The van der Waals surface area contributed by atoms with Crippen molar-refractivity contribution in [1.82, 2.24) is 9.88 Å². The van der Waals surface area contributed by atoms with E-state index in [0.29, 0.717) is 29.4 Å². The number of aromatic nitrogens is 1. The minimum Gasteiger partial charge on any atom is -0.459 e. The van der Waals surface area contributed by atoms with Crippen LogP contribution in [0.4, 0.5) is 0 Å². The van der Waals surface area contributed by atoms with Gasteiger partial charge in [0.1, 0.15) is 11.5 Å². The zero-order valence-corrected chi connectivity index (χ0v) is 12.2. The molecule has 6 heteroatoms. The van der Waals surface area contributed by atoms with Gasteiger partial charge in [0.25, 0.3) is 5.91 Å². The van der Waals surface area contributed by atoms with Crippen molar-refractivity contribution in [2.75, 3.05) is 6.54 Å². The van der Waals surface area contributed by atoms with Gasteiger partial charge < -0.3 is 14.4 Å². The summed E-state index contributed by atoms with van der Waals surface area (Å²) in [6.45, 7) is 4.19. The second-order valence-electron chi connectivity index (χ2n) is 5.14. The number of amides is 1. The van der Waals surface area contributed by atoms with E-state index in [9.17, 15) is 9.90 Å². The minimum atomic E-state index is -0.431. The van der Waals surface area contributed by atoms with Gasteiger partial charge >= 0.3 is 0 Å². The van der Waals surface area contributed by atoms with Crippen molar-refractivity contribution < 1.29 is 14.3 Å². The van der Waals surface area contributed by atoms with E-state index >= 15 is 0 Å². The number of hydrogen-bond donors (Lipinski definition) is 1. The summed E-state index contributed by atoms with van der Waals surface area (Å²) in [4.78, 5) is 18.4. The van der Waals surface area contributed by atoms with Crippen molar-refractivity contribution in [3.63, 3.8) is 0 Å². The Morgan fingerprint density at radius 2 is 2.35 bits per heavy atom. The van der Waals surface area contributed by atoms with Crippen LogP contribution in [-0.4, -0.2) is 39.6 Å². The number of aliphatic hydroxyl groups excluding tert-OH is 1. The maximum atomic E-state index is 12.4. The van der Waals surface area contributed by atoms with Crippen LogP contribution in [0.1, 0.15) is 29.6 Å². The van der Waals surface area contributed by atoms with E-state index in [0.717, 1.165) is 5.76 Å². The summed E-state index contributed by atoms with van der Waals surface area (Å²) in [5, 5.41) is 12.1. The van der Waals surface area contributed by atoms with Crippen LogP contribution in [0.5, 0.6) is 0 Å². The van der Waals surface area contributed by atoms with Crippen LogP contribution in [0, 0.1) is 6.92 Å². The molecule has 2 atom stereocenters. The maximum absolute atomic E-state index is 12.4. The van der Waals surface area contributed by atoms with Crippen LogP contribution in [0.25, 0.3) is 10.8 Å². The molecule has 5 nitrogen and oxygen atoms in total. The van der Waals surface area contributed by atoms with Crippen molar-refractivity contribution in [3.8, 4) is 10.8 Å². The number of likely N-dealkylation sites (tertiary alicyclic amines) is 1. The molecule has 0 saturated carbocycles. The zero-order valence-electron chi connectivity index (χ0n) is 11.4. The molecule has 2 aromatic heterocycles. The van der Waals surface area contributed by atoms with Gasteiger partial charge in [-0.2, -0.15) is 0 Å². The largest absolute Gasteiger partial charge is 0.459 e. The van der Waals surface area contributed by atoms with Crippen LogP contribution in [0.3, 0.4) is 0 Å². The topological polar surface area (TPSA) is 66.6 Å². The molecular weight excluding hydrogens is 276 g/mol. The van der Waals surface area contributed by atoms with Gasteiger partial charge in [-0.3, -0.25) is 4.79 Å². The molecule has 106 valence electrons. The fraction of sp³-hybridized carbons (Fsp3) is 0.429. The van der Waals surface area contributed by atoms with E-state index in [4.69, 9.17) is 4.42 Å². The Labute approximate surface area is 120 Å². The number of thiazole rings is 1. The minimum absolute atomic E-state index is 0.0495. The number of rotatable bonds is 2. The smallest absolute Gasteiger partial charge is 0.273 e. The molecule has 0 radical (unpaired) electrons. The summed E-state index contributed by atoms with van der Waals surface area (Å²) in [7, 11) is 0. The van der Waals surface area contributed by atoms with Gasteiger partial charge in [0.15, 0.2) is 10.8 Å². The number of hydrogen-bond acceptors (Lipinski definition) is 5. The number of β-amino-alcohol motifs (C(OH)–C–C–N with tert-alkyl or cyclic N) is 1. The first-order valence-corrected chi connectivity index (χ1v) is 7.44. The van der Waals surface area contributed by atoms with Gasteiger partial charge in [0, 0.05) is 18.0 Å². The van der Waals surface area contributed by atoms with Gasteiger partial charge in [-0.05, 0) is 32.4 Å². The van der Waals surface area contributed by atoms with E-state index < -0.39 is 6.10 Å². The molecule has 3 rings (SSSR count). The van der Waals surface area contributed by atoms with Crippen molar-refractivity contribution in [2.45, 2.75) is 32.4 Å². The monoisotopic (exact) mass is 292 g/mol. The van der Waals surface area contributed by atoms with Crippen molar-refractivity contribution >= 4 is 17.2 Å². The lowest BCUT2D eigenvalue weighted by atomic mass is 10.2. The van der Waals surface area contributed by atoms with E-state index in [2.05, 4.69) is 4.98 Å². The first-order chi connectivity index (χ1) is 9.54. The molecule has 1 saturated heterocycles. The Hall–Kier alpha value is -1.66. The molecule has 1 N–H and O–H groups in total. The number of aryl methyl sites for hydroxylation is 1. The average molecular weight is 292 g/mol. The summed E-state index contributed by atoms with van der Waals surface area (Å²) < 4.78 is 5.51. The SMILES string of the molecule is Cc1ccc(-c2nc(C(=O)N3C[C@H](O)C[C@H]3C)cs2)o1. The molecule has 20 heavy (non-hydrogen) atoms. The van der Waals surface area contributed by atoms with Crippen LogP contribution in [0.15, 0.2) is 21.9 Å². The Kier molecular flexibility index (Phi) is 3.35. The highest BCUT2D eigenvalue weighted by molar-refractivity contribution is 7.13. The normalized spacial score (nSPS) is 22.4. The Morgan fingerprint density at radius 1 is 1.55 bits per heavy atom. The first-order valence-electron chi connectivity index (χ1n) is 6.56.